The van der Waals surface area contributed by atoms with Gasteiger partial charge in [0, 0.05) is 5.56 Å². The number of aromatic nitrogens is 1. The second-order valence-electron chi connectivity index (χ2n) is 3.56. The van der Waals surface area contributed by atoms with Gasteiger partial charge in [-0.2, -0.15) is 0 Å². The Bertz CT molecular complexity index is 475. The lowest BCUT2D eigenvalue weighted by molar-refractivity contribution is 0.438. The molecule has 0 aliphatic rings. The molecular formula is C10H11ClN2OS. The summed E-state index contributed by atoms with van der Waals surface area (Å²) in [6, 6.07) is 1.84. The summed E-state index contributed by atoms with van der Waals surface area (Å²) in [6.45, 7) is 4.10. The summed E-state index contributed by atoms with van der Waals surface area (Å²) >= 11 is 7.59. The van der Waals surface area contributed by atoms with Gasteiger partial charge in [0.2, 0.25) is 5.88 Å². The number of anilines is 1. The van der Waals surface area contributed by atoms with Gasteiger partial charge in [-0.1, -0.05) is 30.6 Å². The lowest BCUT2D eigenvalue weighted by atomic mass is 10.0. The maximum absolute atomic E-state index is 6.05. The lowest BCUT2D eigenvalue weighted by Gasteiger charge is -2.03. The third-order valence-corrected chi connectivity index (χ3v) is 3.51. The average Bonchev–Trinajstić information content (AvgIpc) is 2.71. The van der Waals surface area contributed by atoms with Crippen molar-refractivity contribution in [3.63, 3.8) is 0 Å². The molecule has 15 heavy (non-hydrogen) atoms. The Kier molecular flexibility index (Phi) is 2.71. The highest BCUT2D eigenvalue weighted by Gasteiger charge is 2.20. The summed E-state index contributed by atoms with van der Waals surface area (Å²) in [7, 11) is 0. The van der Waals surface area contributed by atoms with E-state index in [-0.39, 0.29) is 5.92 Å². The number of nitrogens with zero attached hydrogens (tertiary/aromatic N) is 1. The van der Waals surface area contributed by atoms with Crippen molar-refractivity contribution in [3.8, 4) is 10.6 Å². The number of halogens is 1. The van der Waals surface area contributed by atoms with Crippen molar-refractivity contribution in [2.45, 2.75) is 19.8 Å². The van der Waals surface area contributed by atoms with Crippen LogP contribution < -0.4 is 5.73 Å². The predicted octanol–water partition coefficient (Wildman–Crippen LogP) is 3.76. The SMILES string of the molecule is CC(C)c1c(-c2sccc2Cl)noc1N. The van der Waals surface area contributed by atoms with Crippen LogP contribution in [0.4, 0.5) is 5.88 Å². The monoisotopic (exact) mass is 242 g/mol. The van der Waals surface area contributed by atoms with E-state index in [2.05, 4.69) is 5.16 Å². The van der Waals surface area contributed by atoms with E-state index in [0.29, 0.717) is 10.9 Å². The number of thiophene rings is 1. The van der Waals surface area contributed by atoms with Gasteiger partial charge < -0.3 is 10.3 Å². The van der Waals surface area contributed by atoms with E-state index >= 15 is 0 Å². The van der Waals surface area contributed by atoms with Crippen molar-refractivity contribution in [2.75, 3.05) is 5.73 Å². The van der Waals surface area contributed by atoms with Crippen LogP contribution in [0.1, 0.15) is 25.3 Å². The van der Waals surface area contributed by atoms with Crippen LogP contribution in [-0.4, -0.2) is 5.16 Å². The Morgan fingerprint density at radius 3 is 2.80 bits per heavy atom. The highest BCUT2D eigenvalue weighted by Crippen LogP contribution is 2.39. The first-order chi connectivity index (χ1) is 7.11. The number of rotatable bonds is 2. The Morgan fingerprint density at radius 2 is 2.27 bits per heavy atom. The molecule has 5 heteroatoms. The largest absolute Gasteiger partial charge is 0.367 e. The van der Waals surface area contributed by atoms with E-state index in [4.69, 9.17) is 21.9 Å². The average molecular weight is 243 g/mol. The van der Waals surface area contributed by atoms with E-state index in [9.17, 15) is 0 Å². The van der Waals surface area contributed by atoms with Crippen molar-refractivity contribution in [2.24, 2.45) is 0 Å². The molecule has 0 saturated heterocycles. The maximum atomic E-state index is 6.05. The minimum absolute atomic E-state index is 0.268. The molecule has 0 fully saturated rings. The molecule has 0 atom stereocenters. The Labute approximate surface area is 96.8 Å². The first-order valence-electron chi connectivity index (χ1n) is 4.59. The van der Waals surface area contributed by atoms with Crippen molar-refractivity contribution < 1.29 is 4.52 Å². The molecule has 0 amide bonds. The highest BCUT2D eigenvalue weighted by atomic mass is 35.5. The van der Waals surface area contributed by atoms with E-state index in [1.54, 1.807) is 0 Å². The van der Waals surface area contributed by atoms with Crippen LogP contribution in [0.15, 0.2) is 16.0 Å². The van der Waals surface area contributed by atoms with Gasteiger partial charge >= 0.3 is 0 Å². The minimum atomic E-state index is 0.268. The van der Waals surface area contributed by atoms with Crippen molar-refractivity contribution in [1.82, 2.24) is 5.16 Å². The summed E-state index contributed by atoms with van der Waals surface area (Å²) in [4.78, 5) is 0.917. The molecular weight excluding hydrogens is 232 g/mol. The molecule has 0 radical (unpaired) electrons. The van der Waals surface area contributed by atoms with Crippen LogP contribution in [-0.2, 0) is 0 Å². The third-order valence-electron chi connectivity index (χ3n) is 2.17. The molecule has 3 nitrogen and oxygen atoms in total. The zero-order valence-electron chi connectivity index (χ0n) is 8.45. The third kappa shape index (κ3) is 1.75. The van der Waals surface area contributed by atoms with Crippen LogP contribution in [0, 0.1) is 0 Å². The number of nitrogen functional groups attached to an aromatic ring is 1. The topological polar surface area (TPSA) is 52.0 Å². The van der Waals surface area contributed by atoms with Gasteiger partial charge in [0.05, 0.1) is 9.90 Å². The summed E-state index contributed by atoms with van der Waals surface area (Å²) in [6.07, 6.45) is 0. The minimum Gasteiger partial charge on any atom is -0.367 e. The number of hydrogen-bond donors (Lipinski definition) is 1. The van der Waals surface area contributed by atoms with Crippen LogP contribution in [0.5, 0.6) is 0 Å². The zero-order valence-corrected chi connectivity index (χ0v) is 10.0. The molecule has 0 bridgehead atoms. The fourth-order valence-corrected chi connectivity index (χ4v) is 2.63. The smallest absolute Gasteiger partial charge is 0.226 e. The normalized spacial score (nSPS) is 11.2. The van der Waals surface area contributed by atoms with Crippen molar-refractivity contribution in [1.29, 1.82) is 0 Å². The fraction of sp³-hybridized carbons (Fsp3) is 0.300. The molecule has 0 unspecified atom stereocenters. The van der Waals surface area contributed by atoms with E-state index in [0.717, 1.165) is 16.1 Å². The second-order valence-corrected chi connectivity index (χ2v) is 4.88. The van der Waals surface area contributed by atoms with E-state index in [1.807, 2.05) is 25.3 Å². The Morgan fingerprint density at radius 1 is 1.53 bits per heavy atom. The summed E-state index contributed by atoms with van der Waals surface area (Å²) in [5.41, 5.74) is 7.43. The Hall–Kier alpha value is -1.00. The van der Waals surface area contributed by atoms with Gasteiger partial charge in [0.1, 0.15) is 5.69 Å². The lowest BCUT2D eigenvalue weighted by Crippen LogP contribution is -1.93. The molecule has 2 heterocycles. The summed E-state index contributed by atoms with van der Waals surface area (Å²) in [5.74, 6) is 0.647. The first kappa shape index (κ1) is 10.5. The molecule has 0 aromatic carbocycles. The van der Waals surface area contributed by atoms with Crippen LogP contribution in [0.2, 0.25) is 5.02 Å². The molecule has 80 valence electrons. The molecule has 2 aromatic rings. The quantitative estimate of drug-likeness (QED) is 0.872. The first-order valence-corrected chi connectivity index (χ1v) is 5.85. The highest BCUT2D eigenvalue weighted by molar-refractivity contribution is 7.14. The van der Waals surface area contributed by atoms with Crippen molar-refractivity contribution >= 4 is 28.8 Å². The van der Waals surface area contributed by atoms with Gasteiger partial charge in [-0.25, -0.2) is 0 Å². The second kappa shape index (κ2) is 3.87. The summed E-state index contributed by atoms with van der Waals surface area (Å²) < 4.78 is 5.01. The predicted molar refractivity (Wildman–Crippen MR) is 63.3 cm³/mol. The van der Waals surface area contributed by atoms with Crippen LogP contribution in [0.25, 0.3) is 10.6 Å². The standard InChI is InChI=1S/C10H11ClN2OS/c1-5(2)7-8(13-14-10(7)12)9-6(11)3-4-15-9/h3-5H,12H2,1-2H3. The molecule has 2 N–H and O–H groups in total. The van der Waals surface area contributed by atoms with E-state index in [1.165, 1.54) is 11.3 Å². The molecule has 0 spiro atoms. The zero-order chi connectivity index (χ0) is 11.0. The van der Waals surface area contributed by atoms with Gasteiger partial charge in [-0.3, -0.25) is 0 Å². The number of hydrogen-bond acceptors (Lipinski definition) is 4. The molecule has 0 saturated carbocycles. The number of nitrogens with two attached hydrogens (primary N) is 1. The maximum Gasteiger partial charge on any atom is 0.226 e. The van der Waals surface area contributed by atoms with Gasteiger partial charge in [-0.05, 0) is 17.4 Å². The summed E-state index contributed by atoms with van der Waals surface area (Å²) in [5, 5.41) is 6.58. The molecule has 0 aliphatic heterocycles. The molecule has 0 aliphatic carbocycles. The van der Waals surface area contributed by atoms with Gasteiger partial charge in [0.15, 0.2) is 0 Å². The van der Waals surface area contributed by atoms with Crippen molar-refractivity contribution in [3.05, 3.63) is 22.0 Å². The van der Waals surface area contributed by atoms with E-state index < -0.39 is 0 Å². The van der Waals surface area contributed by atoms with Crippen LogP contribution in [0.3, 0.4) is 0 Å². The van der Waals surface area contributed by atoms with Gasteiger partial charge in [0.25, 0.3) is 0 Å². The van der Waals surface area contributed by atoms with Gasteiger partial charge in [-0.15, -0.1) is 11.3 Å². The molecule has 2 rings (SSSR count). The van der Waals surface area contributed by atoms with Crippen LogP contribution >= 0.6 is 22.9 Å². The molecule has 2 aromatic heterocycles. The fourth-order valence-electron chi connectivity index (χ4n) is 1.49. The Balaban J connectivity index is 2.59.